The van der Waals surface area contributed by atoms with E-state index >= 15 is 0 Å². The van der Waals surface area contributed by atoms with Gasteiger partial charge in [-0.3, -0.25) is 14.7 Å². The number of nitrogens with zero attached hydrogens (tertiary/aromatic N) is 4. The third-order valence-electron chi connectivity index (χ3n) is 6.63. The number of hydrogen-bond acceptors (Lipinski definition) is 6. The molecule has 2 aromatic rings. The zero-order valence-electron chi connectivity index (χ0n) is 22.1. The van der Waals surface area contributed by atoms with Crippen LogP contribution < -0.4 is 16.4 Å². The number of hydrogen-bond donors (Lipinski definition) is 4. The lowest BCUT2D eigenvalue weighted by Crippen LogP contribution is -2.44. The normalized spacial score (nSPS) is 19.5. The van der Waals surface area contributed by atoms with Gasteiger partial charge in [-0.15, -0.1) is 0 Å². The molecule has 38 heavy (non-hydrogen) atoms. The average Bonchev–Trinajstić information content (AvgIpc) is 2.92. The first kappa shape index (κ1) is 27.3. The number of pyridine rings is 1. The van der Waals surface area contributed by atoms with Crippen LogP contribution in [0, 0.1) is 5.92 Å². The van der Waals surface area contributed by atoms with E-state index in [2.05, 4.69) is 39.4 Å². The van der Waals surface area contributed by atoms with Crippen molar-refractivity contribution >= 4 is 17.6 Å². The minimum absolute atomic E-state index is 0.124. The van der Waals surface area contributed by atoms with Crippen molar-refractivity contribution in [2.45, 2.75) is 33.2 Å². The van der Waals surface area contributed by atoms with Crippen LogP contribution in [0.1, 0.15) is 48.2 Å². The average molecular weight is 516 g/mol. The number of amides is 1. The first-order valence-electron chi connectivity index (χ1n) is 13.1. The van der Waals surface area contributed by atoms with E-state index in [1.165, 1.54) is 5.06 Å². The van der Waals surface area contributed by atoms with Crippen molar-refractivity contribution in [3.8, 4) is 0 Å². The number of piperazine rings is 1. The lowest BCUT2D eigenvalue weighted by atomic mass is 9.96. The summed E-state index contributed by atoms with van der Waals surface area (Å²) < 4.78 is 0. The fourth-order valence-electron chi connectivity index (χ4n) is 4.49. The number of nitrogens with two attached hydrogens (primary N) is 1. The number of rotatable bonds is 8. The number of carbonyl (C=O) groups is 1. The molecule has 200 valence electrons. The summed E-state index contributed by atoms with van der Waals surface area (Å²) in [4.78, 5) is 23.9. The van der Waals surface area contributed by atoms with Crippen LogP contribution in [0.4, 0.5) is 0 Å². The Kier molecular flexibility index (Phi) is 9.42. The Morgan fingerprint density at radius 1 is 1.13 bits per heavy atom. The van der Waals surface area contributed by atoms with Crippen LogP contribution in [0.3, 0.4) is 0 Å². The van der Waals surface area contributed by atoms with E-state index < -0.39 is 0 Å². The first-order valence-corrected chi connectivity index (χ1v) is 13.1. The molecule has 1 fully saturated rings. The minimum Gasteiger partial charge on any atom is -0.369 e. The zero-order chi connectivity index (χ0) is 26.9. The van der Waals surface area contributed by atoms with Crippen molar-refractivity contribution in [1.29, 1.82) is 0 Å². The molecule has 0 bridgehead atoms. The maximum Gasteiger partial charge on any atom is 0.255 e. The van der Waals surface area contributed by atoms with E-state index in [0.717, 1.165) is 54.3 Å². The molecular formula is C29H37N7O2. The molecule has 4 rings (SSSR count). The molecule has 2 aliphatic rings. The summed E-state index contributed by atoms with van der Waals surface area (Å²) in [7, 11) is 0. The summed E-state index contributed by atoms with van der Waals surface area (Å²) >= 11 is 0. The quantitative estimate of drug-likeness (QED) is 0.314. The molecule has 9 heteroatoms. The highest BCUT2D eigenvalue weighted by atomic mass is 16.5. The third kappa shape index (κ3) is 7.61. The molecule has 2 heterocycles. The topological polar surface area (TPSA) is 119 Å². The smallest absolute Gasteiger partial charge is 0.255 e. The van der Waals surface area contributed by atoms with Crippen LogP contribution in [0.15, 0.2) is 83.4 Å². The van der Waals surface area contributed by atoms with E-state index in [4.69, 9.17) is 5.73 Å². The van der Waals surface area contributed by atoms with E-state index in [9.17, 15) is 10.0 Å². The number of hydroxylamine groups is 2. The highest BCUT2D eigenvalue weighted by molar-refractivity contribution is 5.95. The van der Waals surface area contributed by atoms with Gasteiger partial charge < -0.3 is 21.6 Å². The number of carbonyl (C=O) groups excluding carboxylic acids is 1. The van der Waals surface area contributed by atoms with E-state index in [-0.39, 0.29) is 11.8 Å². The third-order valence-corrected chi connectivity index (χ3v) is 6.63. The molecule has 1 aromatic heterocycles. The van der Waals surface area contributed by atoms with Gasteiger partial charge in [0.1, 0.15) is 0 Å². The minimum atomic E-state index is -0.124. The molecule has 9 nitrogen and oxygen atoms in total. The number of benzene rings is 1. The fourth-order valence-corrected chi connectivity index (χ4v) is 4.49. The number of aliphatic imine (C=N–C) groups is 1. The summed E-state index contributed by atoms with van der Waals surface area (Å²) in [5.74, 6) is 0.314. The molecule has 1 aliphatic heterocycles. The van der Waals surface area contributed by atoms with Crippen LogP contribution in [-0.4, -0.2) is 58.2 Å². The predicted octanol–water partition coefficient (Wildman–Crippen LogP) is 3.48. The van der Waals surface area contributed by atoms with Gasteiger partial charge in [0.05, 0.1) is 5.70 Å². The summed E-state index contributed by atoms with van der Waals surface area (Å²) in [6.45, 7) is 7.91. The molecule has 0 spiro atoms. The zero-order valence-corrected chi connectivity index (χ0v) is 22.1. The second kappa shape index (κ2) is 13.1. The molecule has 5 N–H and O–H groups in total. The summed E-state index contributed by atoms with van der Waals surface area (Å²) in [6.07, 6.45) is 10.9. The Hall–Kier alpha value is -3.79. The van der Waals surface area contributed by atoms with Crippen molar-refractivity contribution in [1.82, 2.24) is 25.6 Å². The molecule has 0 saturated carbocycles. The second-order valence-electron chi connectivity index (χ2n) is 9.66. The molecule has 1 amide bonds. The fraction of sp³-hybridized carbons (Fsp3) is 0.345. The van der Waals surface area contributed by atoms with Gasteiger partial charge in [0, 0.05) is 73.6 Å². The van der Waals surface area contributed by atoms with E-state index in [1.807, 2.05) is 54.6 Å². The Bertz CT molecular complexity index is 1210. The van der Waals surface area contributed by atoms with E-state index in [0.29, 0.717) is 31.0 Å². The highest BCUT2D eigenvalue weighted by Crippen LogP contribution is 2.23. The summed E-state index contributed by atoms with van der Waals surface area (Å²) in [5, 5.41) is 17.1. The SMILES string of the molecule is CC/C=C(\N=C(N)NC1=CC=C(NC(=O)c2ccc(CN3CCN(O)CC3)cc2)CC1C)c1cccnc1. The Labute approximate surface area is 224 Å². The van der Waals surface area contributed by atoms with Crippen molar-refractivity contribution in [2.75, 3.05) is 26.2 Å². The molecule has 0 radical (unpaired) electrons. The van der Waals surface area contributed by atoms with Gasteiger partial charge >= 0.3 is 0 Å². The largest absolute Gasteiger partial charge is 0.369 e. The van der Waals surface area contributed by atoms with Crippen LogP contribution >= 0.6 is 0 Å². The van der Waals surface area contributed by atoms with Gasteiger partial charge in [0.25, 0.3) is 5.91 Å². The van der Waals surface area contributed by atoms with Gasteiger partial charge in [0.2, 0.25) is 0 Å². The Balaban J connectivity index is 1.34. The Morgan fingerprint density at radius 3 is 2.55 bits per heavy atom. The number of nitrogens with one attached hydrogen (secondary N) is 2. The number of allylic oxidation sites excluding steroid dienone is 5. The van der Waals surface area contributed by atoms with E-state index in [1.54, 1.807) is 12.4 Å². The van der Waals surface area contributed by atoms with Gasteiger partial charge in [-0.05, 0) is 54.8 Å². The lowest BCUT2D eigenvalue weighted by Gasteiger charge is -2.31. The first-order chi connectivity index (χ1) is 18.4. The number of guanidine groups is 1. The molecular weight excluding hydrogens is 478 g/mol. The van der Waals surface area contributed by atoms with Gasteiger partial charge in [-0.2, -0.15) is 5.06 Å². The highest BCUT2D eigenvalue weighted by Gasteiger charge is 2.19. The molecule has 1 aliphatic carbocycles. The molecule has 1 atom stereocenters. The van der Waals surface area contributed by atoms with Crippen molar-refractivity contribution < 1.29 is 10.0 Å². The van der Waals surface area contributed by atoms with Gasteiger partial charge in [0.15, 0.2) is 5.96 Å². The van der Waals surface area contributed by atoms with Crippen LogP contribution in [0.5, 0.6) is 0 Å². The van der Waals surface area contributed by atoms with Gasteiger partial charge in [-0.25, -0.2) is 4.99 Å². The predicted molar refractivity (Wildman–Crippen MR) is 150 cm³/mol. The van der Waals surface area contributed by atoms with Crippen LogP contribution in [-0.2, 0) is 6.54 Å². The molecule has 1 aromatic carbocycles. The lowest BCUT2D eigenvalue weighted by molar-refractivity contribution is -0.118. The standard InChI is InChI=1S/C29H37N7O2/c1-3-5-27(24-6-4-13-31-19-24)34-29(30)33-26-12-11-25(18-21(26)2)32-28(37)23-9-7-22(8-10-23)20-35-14-16-36(38)17-15-35/h4-13,19,21,38H,3,14-18,20H2,1-2H3,(H,32,37)(H3,30,33,34)/b27-5-. The summed E-state index contributed by atoms with van der Waals surface area (Å²) in [6, 6.07) is 11.6. The number of aromatic nitrogens is 1. The maximum absolute atomic E-state index is 12.9. The van der Waals surface area contributed by atoms with Crippen molar-refractivity contribution in [2.24, 2.45) is 16.6 Å². The van der Waals surface area contributed by atoms with Crippen LogP contribution in [0.2, 0.25) is 0 Å². The molecule has 1 unspecified atom stereocenters. The van der Waals surface area contributed by atoms with Gasteiger partial charge in [-0.1, -0.05) is 32.1 Å². The van der Waals surface area contributed by atoms with Crippen molar-refractivity contribution in [3.63, 3.8) is 0 Å². The Morgan fingerprint density at radius 2 is 1.89 bits per heavy atom. The summed E-state index contributed by atoms with van der Waals surface area (Å²) in [5.41, 5.74) is 11.5. The maximum atomic E-state index is 12.9. The second-order valence-corrected chi connectivity index (χ2v) is 9.66. The van der Waals surface area contributed by atoms with Crippen molar-refractivity contribution in [3.05, 3.63) is 95.1 Å². The molecule has 1 saturated heterocycles. The monoisotopic (exact) mass is 515 g/mol. The van der Waals surface area contributed by atoms with Crippen LogP contribution in [0.25, 0.3) is 5.70 Å².